The number of anilines is 1. The predicted octanol–water partition coefficient (Wildman–Crippen LogP) is 5.05. The van der Waals surface area contributed by atoms with Gasteiger partial charge in [0.25, 0.3) is 0 Å². The van der Waals surface area contributed by atoms with E-state index in [4.69, 9.17) is 21.6 Å². The molecule has 42 heavy (non-hydrogen) atoms. The van der Waals surface area contributed by atoms with Gasteiger partial charge in [-0.15, -0.1) is 4.99 Å². The van der Waals surface area contributed by atoms with Gasteiger partial charge in [0.05, 0.1) is 17.5 Å². The van der Waals surface area contributed by atoms with Gasteiger partial charge in [0.2, 0.25) is 22.2 Å². The Kier molecular flexibility index (Phi) is 11.2. The van der Waals surface area contributed by atoms with Crippen LogP contribution in [0.2, 0.25) is 5.02 Å². The van der Waals surface area contributed by atoms with Crippen LogP contribution in [0.1, 0.15) is 44.2 Å². The van der Waals surface area contributed by atoms with Crippen LogP contribution in [0.4, 0.5) is 5.69 Å². The van der Waals surface area contributed by atoms with Gasteiger partial charge in [-0.25, -0.2) is 8.42 Å². The molecule has 224 valence electrons. The van der Waals surface area contributed by atoms with Crippen LogP contribution in [0.15, 0.2) is 58.4 Å². The topological polar surface area (TPSA) is 132 Å². The molecule has 0 spiro atoms. The minimum absolute atomic E-state index is 0.193. The summed E-state index contributed by atoms with van der Waals surface area (Å²) in [6.07, 6.45) is 8.01. The van der Waals surface area contributed by atoms with Gasteiger partial charge in [0.15, 0.2) is 0 Å². The normalized spacial score (nSPS) is 14.5. The molecular formula is C30H38ClN7O3S. The fourth-order valence-electron chi connectivity index (χ4n) is 5.12. The van der Waals surface area contributed by atoms with E-state index in [1.54, 1.807) is 37.4 Å². The number of rotatable bonds is 12. The van der Waals surface area contributed by atoms with E-state index < -0.39 is 10.0 Å². The minimum atomic E-state index is -3.79. The lowest BCUT2D eigenvalue weighted by atomic mass is 9.96. The van der Waals surface area contributed by atoms with Crippen molar-refractivity contribution in [3.63, 3.8) is 0 Å². The van der Waals surface area contributed by atoms with E-state index in [-0.39, 0.29) is 18.0 Å². The number of aryl methyl sites for hydroxylation is 1. The van der Waals surface area contributed by atoms with Crippen LogP contribution >= 0.6 is 11.6 Å². The van der Waals surface area contributed by atoms with E-state index >= 15 is 0 Å². The first-order valence-electron chi connectivity index (χ1n) is 14.2. The number of sulfonamides is 1. The number of nitrogens with one attached hydrogen (secondary N) is 3. The second-order valence-corrected chi connectivity index (χ2v) is 12.7. The molecule has 1 fully saturated rings. The first kappa shape index (κ1) is 31.3. The molecule has 3 N–H and O–H groups in total. The Morgan fingerprint density at radius 3 is 2.60 bits per heavy atom. The van der Waals surface area contributed by atoms with Crippen molar-refractivity contribution in [2.75, 3.05) is 38.6 Å². The molecule has 0 atom stereocenters. The van der Waals surface area contributed by atoms with Crippen LogP contribution in [0.25, 0.3) is 10.9 Å². The molecule has 10 nitrogen and oxygen atoms in total. The molecule has 0 radical (unpaired) electrons. The summed E-state index contributed by atoms with van der Waals surface area (Å²) in [7, 11) is -2.25. The van der Waals surface area contributed by atoms with Crippen LogP contribution in [-0.2, 0) is 10.0 Å². The van der Waals surface area contributed by atoms with Gasteiger partial charge >= 0.3 is 0 Å². The third-order valence-electron chi connectivity index (χ3n) is 7.26. The lowest BCUT2D eigenvalue weighted by molar-refractivity contribution is 0.405. The highest BCUT2D eigenvalue weighted by Gasteiger charge is 2.24. The van der Waals surface area contributed by atoms with Crippen LogP contribution in [0.5, 0.6) is 5.75 Å². The number of nitriles is 1. The number of pyridine rings is 1. The van der Waals surface area contributed by atoms with Gasteiger partial charge in [0, 0.05) is 54.0 Å². The molecule has 1 aliphatic carbocycles. The number of guanidine groups is 1. The minimum Gasteiger partial charge on any atom is -0.497 e. The zero-order chi connectivity index (χ0) is 30.0. The summed E-state index contributed by atoms with van der Waals surface area (Å²) in [5.74, 6) is 1.02. The summed E-state index contributed by atoms with van der Waals surface area (Å²) in [5.41, 5.74) is 2.50. The molecular weight excluding hydrogens is 574 g/mol. The first-order valence-corrected chi connectivity index (χ1v) is 16.0. The zero-order valence-electron chi connectivity index (χ0n) is 24.1. The largest absolute Gasteiger partial charge is 0.497 e. The van der Waals surface area contributed by atoms with Crippen molar-refractivity contribution in [3.8, 4) is 11.9 Å². The van der Waals surface area contributed by atoms with Crippen LogP contribution in [0.3, 0.4) is 0 Å². The molecule has 0 saturated heterocycles. The third kappa shape index (κ3) is 8.47. The Balaban J connectivity index is 1.44. The van der Waals surface area contributed by atoms with Crippen LogP contribution in [-0.4, -0.2) is 63.0 Å². The zero-order valence-corrected chi connectivity index (χ0v) is 25.6. The van der Waals surface area contributed by atoms with Crippen molar-refractivity contribution in [3.05, 3.63) is 59.2 Å². The molecule has 0 aliphatic heterocycles. The Labute approximate surface area is 253 Å². The highest BCUT2D eigenvalue weighted by molar-refractivity contribution is 7.89. The fourth-order valence-corrected chi connectivity index (χ4v) is 6.77. The number of benzene rings is 2. The van der Waals surface area contributed by atoms with E-state index in [0.29, 0.717) is 42.3 Å². The Morgan fingerprint density at radius 2 is 1.88 bits per heavy atom. The second kappa shape index (κ2) is 15.0. The molecule has 2 aromatic carbocycles. The van der Waals surface area contributed by atoms with Crippen molar-refractivity contribution in [2.24, 2.45) is 4.99 Å². The van der Waals surface area contributed by atoms with Gasteiger partial charge < -0.3 is 20.7 Å². The van der Waals surface area contributed by atoms with Gasteiger partial charge in [0.1, 0.15) is 5.75 Å². The van der Waals surface area contributed by atoms with E-state index in [1.807, 2.05) is 31.3 Å². The Hall–Kier alpha value is -3.59. The smallest absolute Gasteiger partial charge is 0.243 e. The number of aliphatic imine (C=N–C) groups is 1. The van der Waals surface area contributed by atoms with Crippen molar-refractivity contribution >= 4 is 44.2 Å². The summed E-state index contributed by atoms with van der Waals surface area (Å²) >= 11 is 6.24. The maximum atomic E-state index is 13.7. The quantitative estimate of drug-likeness (QED) is 0.112. The predicted molar refractivity (Wildman–Crippen MR) is 167 cm³/mol. The van der Waals surface area contributed by atoms with Crippen molar-refractivity contribution in [1.29, 1.82) is 5.26 Å². The van der Waals surface area contributed by atoms with E-state index in [0.717, 1.165) is 48.0 Å². The third-order valence-corrected chi connectivity index (χ3v) is 9.41. The number of ether oxygens (including phenoxy) is 1. The number of nitrogens with zero attached hydrogens (tertiary/aromatic N) is 4. The van der Waals surface area contributed by atoms with E-state index in [2.05, 4.69) is 25.9 Å². The SMILES string of the molecule is COc1ccc(S(=O)(=O)N(CCCN/C(=N\C#N)NC2CCCCC2)CCNc2cc(C)nc3ccc(Cl)cc23)cc1. The Bertz CT molecular complexity index is 1520. The standard InChI is InChI=1S/C30H38ClN7O3S/c1-22-19-29(27-20-23(31)9-14-28(27)36-22)33-16-18-38(42(39,40)26-12-10-25(41-2)11-13-26)17-6-15-34-30(35-21-32)37-24-7-4-3-5-8-24/h9-14,19-20,24H,3-8,15-18H2,1-2H3,(H,33,36)(H2,34,35,37). The first-order chi connectivity index (χ1) is 20.3. The number of aromatic nitrogens is 1. The summed E-state index contributed by atoms with van der Waals surface area (Å²) in [4.78, 5) is 8.66. The lowest BCUT2D eigenvalue weighted by Gasteiger charge is -2.25. The molecule has 1 aromatic heterocycles. The van der Waals surface area contributed by atoms with Crippen LogP contribution < -0.4 is 20.7 Å². The van der Waals surface area contributed by atoms with Crippen molar-refractivity contribution in [1.82, 2.24) is 19.9 Å². The molecule has 3 aromatic rings. The molecule has 12 heteroatoms. The summed E-state index contributed by atoms with van der Waals surface area (Å²) in [5, 5.41) is 20.5. The van der Waals surface area contributed by atoms with Crippen LogP contribution in [0, 0.1) is 18.4 Å². The van der Waals surface area contributed by atoms with Crippen molar-refractivity contribution in [2.45, 2.75) is 56.4 Å². The molecule has 0 bridgehead atoms. The molecule has 1 heterocycles. The average Bonchev–Trinajstić information content (AvgIpc) is 2.99. The monoisotopic (exact) mass is 611 g/mol. The molecule has 0 amide bonds. The van der Waals surface area contributed by atoms with E-state index in [9.17, 15) is 8.42 Å². The molecule has 1 aliphatic rings. The summed E-state index contributed by atoms with van der Waals surface area (Å²) in [6, 6.07) is 14.1. The lowest BCUT2D eigenvalue weighted by Crippen LogP contribution is -2.45. The molecule has 1 saturated carbocycles. The fraction of sp³-hybridized carbons (Fsp3) is 0.433. The number of fused-ring (bicyclic) bond motifs is 1. The molecule has 4 rings (SSSR count). The second-order valence-electron chi connectivity index (χ2n) is 10.3. The molecule has 0 unspecified atom stereocenters. The van der Waals surface area contributed by atoms with Crippen molar-refractivity contribution < 1.29 is 13.2 Å². The van der Waals surface area contributed by atoms with E-state index in [1.165, 1.54) is 10.7 Å². The maximum absolute atomic E-state index is 13.7. The number of hydrogen-bond acceptors (Lipinski definition) is 7. The highest BCUT2D eigenvalue weighted by Crippen LogP contribution is 2.26. The summed E-state index contributed by atoms with van der Waals surface area (Å²) in [6.45, 7) is 3.25. The number of methoxy groups -OCH3 is 1. The number of halogens is 1. The average molecular weight is 612 g/mol. The summed E-state index contributed by atoms with van der Waals surface area (Å²) < 4.78 is 34.1. The number of hydrogen-bond donors (Lipinski definition) is 3. The Morgan fingerprint density at radius 1 is 1.12 bits per heavy atom. The van der Waals surface area contributed by atoms with Gasteiger partial charge in [-0.1, -0.05) is 30.9 Å². The van der Waals surface area contributed by atoms with Gasteiger partial charge in [-0.05, 0) is 74.7 Å². The highest BCUT2D eigenvalue weighted by atomic mass is 35.5. The van der Waals surface area contributed by atoms with Gasteiger partial charge in [-0.3, -0.25) is 4.98 Å². The van der Waals surface area contributed by atoms with Gasteiger partial charge in [-0.2, -0.15) is 9.57 Å². The maximum Gasteiger partial charge on any atom is 0.243 e.